The lowest BCUT2D eigenvalue weighted by molar-refractivity contribution is -0.387. The van der Waals surface area contributed by atoms with Crippen molar-refractivity contribution in [3.63, 3.8) is 0 Å². The van der Waals surface area contributed by atoms with E-state index >= 15 is 0 Å². The number of methoxy groups -OCH3 is 1. The summed E-state index contributed by atoms with van der Waals surface area (Å²) in [6.45, 7) is 3.46. The molecule has 3 rings (SSSR count). The van der Waals surface area contributed by atoms with Gasteiger partial charge >= 0.3 is 5.69 Å². The molecule has 0 aliphatic carbocycles. The fourth-order valence-electron chi connectivity index (χ4n) is 2.49. The van der Waals surface area contributed by atoms with Crippen LogP contribution in [0.1, 0.15) is 21.6 Å². The van der Waals surface area contributed by atoms with Gasteiger partial charge in [0.2, 0.25) is 11.8 Å². The summed E-state index contributed by atoms with van der Waals surface area (Å²) in [6, 6.07) is 1.91. The summed E-state index contributed by atoms with van der Waals surface area (Å²) in [5.41, 5.74) is 1.05. The van der Waals surface area contributed by atoms with Crippen LogP contribution in [0.5, 0.6) is 5.75 Å². The van der Waals surface area contributed by atoms with E-state index in [0.717, 1.165) is 12.1 Å². The third-order valence-electron chi connectivity index (χ3n) is 3.94. The number of anilines is 2. The molecule has 0 saturated heterocycles. The Morgan fingerprint density at radius 2 is 2.11 bits per heavy atom. The highest BCUT2D eigenvalue weighted by Crippen LogP contribution is 2.33. The van der Waals surface area contributed by atoms with Gasteiger partial charge in [-0.2, -0.15) is 14.5 Å². The zero-order valence-corrected chi connectivity index (χ0v) is 15.1. The number of halogens is 1. The second kappa shape index (κ2) is 7.39. The number of ether oxygens (including phenoxy) is 1. The molecule has 3 aromatic rings. The van der Waals surface area contributed by atoms with Gasteiger partial charge in [0.25, 0.3) is 0 Å². The van der Waals surface area contributed by atoms with Crippen LogP contribution in [-0.2, 0) is 0 Å². The largest absolute Gasteiger partial charge is 0.494 e. The van der Waals surface area contributed by atoms with Gasteiger partial charge in [0, 0.05) is 30.1 Å². The van der Waals surface area contributed by atoms with E-state index in [1.54, 1.807) is 13.8 Å². The first-order valence-electron chi connectivity index (χ1n) is 7.98. The van der Waals surface area contributed by atoms with Crippen LogP contribution in [0.25, 0.3) is 5.82 Å². The summed E-state index contributed by atoms with van der Waals surface area (Å²) in [6.07, 6.45) is 3.74. The molecule has 0 bridgehead atoms. The van der Waals surface area contributed by atoms with Crippen molar-refractivity contribution in [1.29, 1.82) is 0 Å². The van der Waals surface area contributed by atoms with Crippen molar-refractivity contribution < 1.29 is 18.8 Å². The number of rotatable bonds is 6. The molecular weight excluding hydrogens is 371 g/mol. The van der Waals surface area contributed by atoms with Gasteiger partial charge in [0.15, 0.2) is 12.1 Å². The van der Waals surface area contributed by atoms with Gasteiger partial charge in [0.05, 0.1) is 29.0 Å². The van der Waals surface area contributed by atoms with Crippen molar-refractivity contribution in [3.8, 4) is 11.6 Å². The zero-order chi connectivity index (χ0) is 20.4. The number of carbonyl (C=O) groups excluding carboxylic acids is 1. The summed E-state index contributed by atoms with van der Waals surface area (Å²) in [5, 5.41) is 18.0. The van der Waals surface area contributed by atoms with E-state index in [1.807, 2.05) is 0 Å². The van der Waals surface area contributed by atoms with Crippen molar-refractivity contribution in [2.24, 2.45) is 0 Å². The lowest BCUT2D eigenvalue weighted by atomic mass is 10.2. The van der Waals surface area contributed by atoms with Crippen LogP contribution < -0.4 is 10.1 Å². The van der Waals surface area contributed by atoms with E-state index in [9.17, 15) is 19.3 Å². The van der Waals surface area contributed by atoms with Crippen molar-refractivity contribution in [2.45, 2.75) is 13.8 Å². The summed E-state index contributed by atoms with van der Waals surface area (Å²) < 4.78 is 20.3. The molecule has 0 fully saturated rings. The van der Waals surface area contributed by atoms with E-state index in [0.29, 0.717) is 28.9 Å². The molecule has 0 atom stereocenters. The Hall–Kier alpha value is -3.89. The van der Waals surface area contributed by atoms with E-state index in [-0.39, 0.29) is 17.4 Å². The van der Waals surface area contributed by atoms with Crippen molar-refractivity contribution >= 4 is 23.6 Å². The number of nitrogens with one attached hydrogen (secondary N) is 1. The minimum absolute atomic E-state index is 0.0481. The van der Waals surface area contributed by atoms with Crippen LogP contribution in [0.15, 0.2) is 24.5 Å². The van der Waals surface area contributed by atoms with E-state index in [4.69, 9.17) is 4.74 Å². The number of nitrogens with zero attached hydrogens (tertiary/aromatic N) is 5. The van der Waals surface area contributed by atoms with Crippen molar-refractivity contribution in [3.05, 3.63) is 57.3 Å². The molecule has 1 N–H and O–H groups in total. The minimum Gasteiger partial charge on any atom is -0.494 e. The molecule has 0 aliphatic rings. The summed E-state index contributed by atoms with van der Waals surface area (Å²) in [5.74, 6) is -0.483. The van der Waals surface area contributed by atoms with E-state index < -0.39 is 16.4 Å². The fourth-order valence-corrected chi connectivity index (χ4v) is 2.49. The molecular formula is C17H15FN6O4. The molecule has 1 aromatic carbocycles. The number of hydrogen-bond acceptors (Lipinski definition) is 8. The number of nitro groups is 1. The highest BCUT2D eigenvalue weighted by Gasteiger charge is 2.20. The Kier molecular flexibility index (Phi) is 4.98. The number of hydrogen-bond donors (Lipinski definition) is 1. The second-order valence-electron chi connectivity index (χ2n) is 5.82. The Labute approximate surface area is 158 Å². The zero-order valence-electron chi connectivity index (χ0n) is 15.1. The lowest BCUT2D eigenvalue weighted by Crippen LogP contribution is -2.07. The SMILES string of the molecule is COc1cc(F)c([N+](=O)[O-])cc1Nc1ncc(C)c(-n2cc(C=O)c(C)n2)n1. The van der Waals surface area contributed by atoms with Crippen molar-refractivity contribution in [1.82, 2.24) is 19.7 Å². The van der Waals surface area contributed by atoms with Crippen LogP contribution in [-0.4, -0.2) is 38.1 Å². The van der Waals surface area contributed by atoms with Crippen LogP contribution in [0.3, 0.4) is 0 Å². The summed E-state index contributed by atoms with van der Waals surface area (Å²) in [4.78, 5) is 29.7. The molecule has 0 radical (unpaired) electrons. The number of benzene rings is 1. The number of aldehydes is 1. The van der Waals surface area contributed by atoms with Crippen LogP contribution in [0.2, 0.25) is 0 Å². The highest BCUT2D eigenvalue weighted by molar-refractivity contribution is 5.76. The topological polar surface area (TPSA) is 125 Å². The lowest BCUT2D eigenvalue weighted by Gasteiger charge is -2.12. The van der Waals surface area contributed by atoms with Gasteiger partial charge in [0.1, 0.15) is 5.75 Å². The standard InChI is InChI=1S/C17H15FN6O4/c1-9-6-19-17(21-16(9)23-7-11(8-25)10(2)22-23)20-13-5-14(24(26)27)12(18)4-15(13)28-3/h4-8H,1-3H3,(H,19,20,21). The predicted octanol–water partition coefficient (Wildman–Crippen LogP) is 2.89. The molecule has 11 heteroatoms. The Morgan fingerprint density at radius 3 is 2.71 bits per heavy atom. The molecule has 2 heterocycles. The molecule has 28 heavy (non-hydrogen) atoms. The molecule has 0 saturated carbocycles. The van der Waals surface area contributed by atoms with Crippen LogP contribution in [0.4, 0.5) is 21.7 Å². The molecule has 144 valence electrons. The molecule has 0 amide bonds. The van der Waals surface area contributed by atoms with Crippen LogP contribution >= 0.6 is 0 Å². The summed E-state index contributed by atoms with van der Waals surface area (Å²) in [7, 11) is 1.31. The van der Waals surface area contributed by atoms with Gasteiger partial charge in [-0.1, -0.05) is 0 Å². The molecule has 0 aliphatic heterocycles. The smallest absolute Gasteiger partial charge is 0.307 e. The Bertz CT molecular complexity index is 1080. The highest BCUT2D eigenvalue weighted by atomic mass is 19.1. The quantitative estimate of drug-likeness (QED) is 0.389. The van der Waals surface area contributed by atoms with Crippen molar-refractivity contribution in [2.75, 3.05) is 12.4 Å². The molecule has 10 nitrogen and oxygen atoms in total. The normalized spacial score (nSPS) is 10.6. The number of aromatic nitrogens is 4. The number of carbonyl (C=O) groups is 1. The average molecular weight is 386 g/mol. The minimum atomic E-state index is -1.02. The van der Waals surface area contributed by atoms with Crippen LogP contribution in [0, 0.1) is 29.8 Å². The van der Waals surface area contributed by atoms with E-state index in [1.165, 1.54) is 24.2 Å². The first kappa shape index (κ1) is 18.9. The maximum Gasteiger partial charge on any atom is 0.307 e. The Morgan fingerprint density at radius 1 is 1.36 bits per heavy atom. The first-order valence-corrected chi connectivity index (χ1v) is 7.98. The third-order valence-corrected chi connectivity index (χ3v) is 3.94. The van der Waals surface area contributed by atoms with Gasteiger partial charge in [-0.3, -0.25) is 14.9 Å². The van der Waals surface area contributed by atoms with Gasteiger partial charge < -0.3 is 10.1 Å². The van der Waals surface area contributed by atoms with Gasteiger partial charge in [-0.15, -0.1) is 0 Å². The first-order chi connectivity index (χ1) is 13.3. The summed E-state index contributed by atoms with van der Waals surface area (Å²) >= 11 is 0. The number of nitro benzene ring substituents is 1. The van der Waals surface area contributed by atoms with Gasteiger partial charge in [-0.25, -0.2) is 9.67 Å². The average Bonchev–Trinajstić information content (AvgIpc) is 3.04. The molecule has 2 aromatic heterocycles. The third kappa shape index (κ3) is 3.49. The maximum absolute atomic E-state index is 13.8. The predicted molar refractivity (Wildman–Crippen MR) is 96.9 cm³/mol. The molecule has 0 spiro atoms. The second-order valence-corrected chi connectivity index (χ2v) is 5.82. The fraction of sp³-hybridized carbons (Fsp3) is 0.176. The Balaban J connectivity index is 2.03. The maximum atomic E-state index is 13.8. The van der Waals surface area contributed by atoms with E-state index in [2.05, 4.69) is 20.4 Å². The number of aryl methyl sites for hydroxylation is 2. The van der Waals surface area contributed by atoms with Gasteiger partial charge in [-0.05, 0) is 13.8 Å². The molecule has 0 unspecified atom stereocenters. The monoisotopic (exact) mass is 386 g/mol.